The molecule has 0 aliphatic rings. The molecule has 0 fully saturated rings. The third kappa shape index (κ3) is 5.74. The first kappa shape index (κ1) is 33.6. The lowest BCUT2D eigenvalue weighted by Gasteiger charge is -2.27. The van der Waals surface area contributed by atoms with Crippen LogP contribution in [0.2, 0.25) is 0 Å². The second-order valence-corrected chi connectivity index (χ2v) is 14.9. The average molecular weight is 739 g/mol. The van der Waals surface area contributed by atoms with Gasteiger partial charge in [-0.15, -0.1) is 0 Å². The molecular formula is C56H38N2. The van der Waals surface area contributed by atoms with Gasteiger partial charge in [0.15, 0.2) is 0 Å². The minimum atomic E-state index is 1.09. The number of benzene rings is 10. The molecule has 11 rings (SSSR count). The van der Waals surface area contributed by atoms with E-state index in [1.807, 2.05) is 0 Å². The lowest BCUT2D eigenvalue weighted by atomic mass is 9.93. The third-order valence-electron chi connectivity index (χ3n) is 11.6. The summed E-state index contributed by atoms with van der Waals surface area (Å²) in [6.45, 7) is 0. The monoisotopic (exact) mass is 738 g/mol. The zero-order valence-corrected chi connectivity index (χ0v) is 31.8. The Morgan fingerprint density at radius 3 is 1.64 bits per heavy atom. The van der Waals surface area contributed by atoms with Gasteiger partial charge < -0.3 is 9.47 Å². The highest BCUT2D eigenvalue weighted by atomic mass is 15.1. The lowest BCUT2D eigenvalue weighted by molar-refractivity contribution is 1.18. The van der Waals surface area contributed by atoms with Gasteiger partial charge in [0, 0.05) is 27.8 Å². The number of para-hydroxylation sites is 2. The Bertz CT molecular complexity index is 3250. The summed E-state index contributed by atoms with van der Waals surface area (Å²) < 4.78 is 2.39. The molecule has 0 radical (unpaired) electrons. The molecule has 10 aromatic carbocycles. The topological polar surface area (TPSA) is 8.17 Å². The summed E-state index contributed by atoms with van der Waals surface area (Å²) in [6.07, 6.45) is 0. The van der Waals surface area contributed by atoms with Crippen molar-refractivity contribution in [1.29, 1.82) is 0 Å². The maximum absolute atomic E-state index is 2.44. The molecule has 0 amide bonds. The maximum atomic E-state index is 2.44. The molecule has 0 spiro atoms. The highest BCUT2D eigenvalue weighted by Gasteiger charge is 2.21. The Balaban J connectivity index is 1.10. The Morgan fingerprint density at radius 2 is 0.862 bits per heavy atom. The lowest BCUT2D eigenvalue weighted by Crippen LogP contribution is -2.10. The van der Waals surface area contributed by atoms with Crippen LogP contribution in [0.4, 0.5) is 17.1 Å². The molecule has 0 saturated carbocycles. The first-order chi connectivity index (χ1) is 28.8. The fourth-order valence-electron chi connectivity index (χ4n) is 8.86. The summed E-state index contributed by atoms with van der Waals surface area (Å²) >= 11 is 0. The second kappa shape index (κ2) is 14.1. The van der Waals surface area contributed by atoms with Gasteiger partial charge in [-0.3, -0.25) is 0 Å². The van der Waals surface area contributed by atoms with Crippen LogP contribution < -0.4 is 4.90 Å². The van der Waals surface area contributed by atoms with E-state index >= 15 is 0 Å². The highest BCUT2D eigenvalue weighted by Crippen LogP contribution is 2.45. The van der Waals surface area contributed by atoms with Gasteiger partial charge >= 0.3 is 0 Å². The Morgan fingerprint density at radius 1 is 0.310 bits per heavy atom. The average Bonchev–Trinajstić information content (AvgIpc) is 3.65. The van der Waals surface area contributed by atoms with Crippen molar-refractivity contribution in [3.05, 3.63) is 231 Å². The second-order valence-electron chi connectivity index (χ2n) is 14.9. The summed E-state index contributed by atoms with van der Waals surface area (Å²) in [7, 11) is 0. The molecule has 0 aliphatic carbocycles. The largest absolute Gasteiger partial charge is 0.310 e. The zero-order valence-electron chi connectivity index (χ0n) is 31.8. The standard InChI is InChI=1S/C56H38N2/c1-3-15-39(16-4-1)40-29-31-41(32-30-40)43-18-13-21-47(37-43)57(54-27-14-28-55-56(54)51-25-11-12-26-53(51)58(55)45-19-5-2-6-20-45)46-35-33-42(34-36-46)52-38-44-17-7-8-22-48(44)49-23-9-10-24-50(49)52/h1-38H. The van der Waals surface area contributed by atoms with Crippen LogP contribution in [0.15, 0.2) is 231 Å². The van der Waals surface area contributed by atoms with Crippen LogP contribution in [0, 0.1) is 0 Å². The Kier molecular flexibility index (Phi) is 8.19. The quantitative estimate of drug-likeness (QED) is 0.148. The molecular weight excluding hydrogens is 701 g/mol. The minimum absolute atomic E-state index is 1.09. The molecule has 0 unspecified atom stereocenters. The molecule has 2 heteroatoms. The van der Waals surface area contributed by atoms with Gasteiger partial charge in [-0.1, -0.05) is 170 Å². The number of aromatic nitrogens is 1. The molecule has 1 heterocycles. The van der Waals surface area contributed by atoms with E-state index in [4.69, 9.17) is 0 Å². The van der Waals surface area contributed by atoms with Crippen molar-refractivity contribution in [2.24, 2.45) is 0 Å². The van der Waals surface area contributed by atoms with Crippen molar-refractivity contribution in [3.63, 3.8) is 0 Å². The van der Waals surface area contributed by atoms with Crippen molar-refractivity contribution < 1.29 is 0 Å². The fourth-order valence-corrected chi connectivity index (χ4v) is 8.86. The van der Waals surface area contributed by atoms with Crippen molar-refractivity contribution in [1.82, 2.24) is 4.57 Å². The van der Waals surface area contributed by atoms with E-state index in [-0.39, 0.29) is 0 Å². The Labute approximate surface area is 338 Å². The maximum Gasteiger partial charge on any atom is 0.0562 e. The number of anilines is 3. The number of rotatable bonds is 7. The van der Waals surface area contributed by atoms with Gasteiger partial charge in [0.05, 0.1) is 16.7 Å². The van der Waals surface area contributed by atoms with Crippen molar-refractivity contribution in [2.75, 3.05) is 4.90 Å². The predicted molar refractivity (Wildman–Crippen MR) is 247 cm³/mol. The van der Waals surface area contributed by atoms with E-state index in [1.54, 1.807) is 0 Å². The van der Waals surface area contributed by atoms with Crippen LogP contribution in [0.25, 0.3) is 82.4 Å². The molecule has 0 aliphatic heterocycles. The van der Waals surface area contributed by atoms with Gasteiger partial charge in [-0.05, 0) is 116 Å². The summed E-state index contributed by atoms with van der Waals surface area (Å²) in [6, 6.07) is 83.7. The molecule has 11 aromatic rings. The number of hydrogen-bond donors (Lipinski definition) is 0. The van der Waals surface area contributed by atoms with Crippen LogP contribution in [-0.4, -0.2) is 4.57 Å². The number of fused-ring (bicyclic) bond motifs is 6. The molecule has 1 aromatic heterocycles. The van der Waals surface area contributed by atoms with Crippen LogP contribution >= 0.6 is 0 Å². The van der Waals surface area contributed by atoms with Gasteiger partial charge in [0.1, 0.15) is 0 Å². The van der Waals surface area contributed by atoms with Crippen molar-refractivity contribution in [3.8, 4) is 39.1 Å². The summed E-state index contributed by atoms with van der Waals surface area (Å²) in [5.74, 6) is 0. The van der Waals surface area contributed by atoms with E-state index in [2.05, 4.69) is 240 Å². The first-order valence-corrected chi connectivity index (χ1v) is 19.9. The van der Waals surface area contributed by atoms with E-state index < -0.39 is 0 Å². The van der Waals surface area contributed by atoms with Gasteiger partial charge in [-0.25, -0.2) is 0 Å². The summed E-state index contributed by atoms with van der Waals surface area (Å²) in [5.41, 5.74) is 14.0. The van der Waals surface area contributed by atoms with E-state index in [0.29, 0.717) is 0 Å². The number of hydrogen-bond acceptors (Lipinski definition) is 1. The van der Waals surface area contributed by atoms with Crippen LogP contribution in [0.1, 0.15) is 0 Å². The normalized spacial score (nSPS) is 11.4. The van der Waals surface area contributed by atoms with Crippen LogP contribution in [-0.2, 0) is 0 Å². The molecule has 0 bridgehead atoms. The van der Waals surface area contributed by atoms with Crippen molar-refractivity contribution >= 4 is 60.4 Å². The van der Waals surface area contributed by atoms with Crippen LogP contribution in [0.3, 0.4) is 0 Å². The van der Waals surface area contributed by atoms with Crippen molar-refractivity contribution in [2.45, 2.75) is 0 Å². The van der Waals surface area contributed by atoms with Gasteiger partial charge in [0.25, 0.3) is 0 Å². The van der Waals surface area contributed by atoms with E-state index in [9.17, 15) is 0 Å². The van der Waals surface area contributed by atoms with E-state index in [1.165, 1.54) is 76.7 Å². The molecule has 0 saturated heterocycles. The predicted octanol–water partition coefficient (Wildman–Crippen LogP) is 15.6. The van der Waals surface area contributed by atoms with E-state index in [0.717, 1.165) is 22.7 Å². The summed E-state index contributed by atoms with van der Waals surface area (Å²) in [5, 5.41) is 7.49. The third-order valence-corrected chi connectivity index (χ3v) is 11.6. The fraction of sp³-hybridized carbons (Fsp3) is 0. The van der Waals surface area contributed by atoms with Crippen LogP contribution in [0.5, 0.6) is 0 Å². The minimum Gasteiger partial charge on any atom is -0.310 e. The van der Waals surface area contributed by atoms with Gasteiger partial charge in [-0.2, -0.15) is 0 Å². The summed E-state index contributed by atoms with van der Waals surface area (Å²) in [4.78, 5) is 2.44. The molecule has 272 valence electrons. The first-order valence-electron chi connectivity index (χ1n) is 19.9. The molecule has 0 atom stereocenters. The SMILES string of the molecule is c1ccc(-c2ccc(-c3cccc(N(c4ccc(-c5cc6ccccc6c6ccccc56)cc4)c4cccc5c4c4ccccc4n5-c4ccccc4)c3)cc2)cc1. The molecule has 2 nitrogen and oxygen atoms in total. The van der Waals surface area contributed by atoms with Gasteiger partial charge in [0.2, 0.25) is 0 Å². The smallest absolute Gasteiger partial charge is 0.0562 e. The molecule has 0 N–H and O–H groups in total. The number of nitrogens with zero attached hydrogens (tertiary/aromatic N) is 2. The Hall–Kier alpha value is -7.68. The molecule has 58 heavy (non-hydrogen) atoms. The zero-order chi connectivity index (χ0) is 38.4. The highest BCUT2D eigenvalue weighted by molar-refractivity contribution is 6.17.